The Balaban J connectivity index is 2.78. The molecule has 3 aliphatic heterocycles. The summed E-state index contributed by atoms with van der Waals surface area (Å²) in [5.41, 5.74) is 0. The second-order valence-electron chi connectivity index (χ2n) is 14.4. The molecule has 0 spiro atoms. The lowest BCUT2D eigenvalue weighted by molar-refractivity contribution is -0.340. The Bertz CT molecular complexity index is 1570. The SMILES string of the molecule is OCCC1OC(O)/C(O)=C(\O)C(CCO)OC2OC(CO)C(OC(O)C(O)C(O)C(CCO)OC(O)/C(O)=C(\O)C(CCO)OC(O)/C(O)=C(\O)C(CCO)OC(O)C(O)=C1O)C(O)C2O. The summed E-state index contributed by atoms with van der Waals surface area (Å²) >= 11 is 0. The minimum atomic E-state index is -2.79. The Kier molecular flexibility index (Phi) is 24.9. The van der Waals surface area contributed by atoms with Gasteiger partial charge in [-0.1, -0.05) is 0 Å². The molecule has 17 atom stereocenters. The van der Waals surface area contributed by atoms with Gasteiger partial charge in [-0.15, -0.1) is 0 Å². The van der Waals surface area contributed by atoms with Crippen molar-refractivity contribution in [3.8, 4) is 0 Å². The predicted octanol–water partition coefficient (Wildman–Crippen LogP) is -6.71. The van der Waals surface area contributed by atoms with Crippen LogP contribution in [-0.4, -0.2) is 262 Å². The van der Waals surface area contributed by atoms with Crippen molar-refractivity contribution in [1.29, 1.82) is 0 Å². The lowest BCUT2D eigenvalue weighted by Gasteiger charge is -2.43. The Labute approximate surface area is 373 Å². The summed E-state index contributed by atoms with van der Waals surface area (Å²) in [4.78, 5) is 0. The third-order valence-electron chi connectivity index (χ3n) is 9.81. The first-order valence-corrected chi connectivity index (χ1v) is 19.9. The topological polar surface area (TPSA) is 530 Å². The number of hydrogen-bond donors (Lipinski definition) is 23. The van der Waals surface area contributed by atoms with Gasteiger partial charge in [0.15, 0.2) is 58.7 Å². The molecule has 3 aliphatic rings. The van der Waals surface area contributed by atoms with E-state index in [0.717, 1.165) is 0 Å². The van der Waals surface area contributed by atoms with E-state index >= 15 is 0 Å². The molecule has 3 rings (SSSR count). The Morgan fingerprint density at radius 1 is 0.303 bits per heavy atom. The van der Waals surface area contributed by atoms with Crippen LogP contribution in [0.2, 0.25) is 0 Å². The average Bonchev–Trinajstić information content (AvgIpc) is 3.29. The Morgan fingerprint density at radius 3 is 0.970 bits per heavy atom. The smallest absolute Gasteiger partial charge is 0.218 e. The molecule has 0 aromatic rings. The van der Waals surface area contributed by atoms with Crippen LogP contribution in [0.15, 0.2) is 46.1 Å². The van der Waals surface area contributed by atoms with Crippen LogP contribution in [-0.2, 0) is 33.2 Å². The van der Waals surface area contributed by atoms with Crippen LogP contribution in [0.25, 0.3) is 0 Å². The molecule has 23 N–H and O–H groups in total. The van der Waals surface area contributed by atoms with E-state index in [1.807, 2.05) is 0 Å². The molecule has 3 heterocycles. The fraction of sp³-hybridized carbons (Fsp3) is 0.778. The van der Waals surface area contributed by atoms with Gasteiger partial charge in [0.1, 0.15) is 61.0 Å². The van der Waals surface area contributed by atoms with Crippen molar-refractivity contribution in [1.82, 2.24) is 0 Å². The molecule has 66 heavy (non-hydrogen) atoms. The van der Waals surface area contributed by atoms with Crippen molar-refractivity contribution >= 4 is 0 Å². The van der Waals surface area contributed by atoms with Gasteiger partial charge in [0.2, 0.25) is 25.2 Å². The van der Waals surface area contributed by atoms with E-state index in [-0.39, 0.29) is 0 Å². The lowest BCUT2D eigenvalue weighted by Crippen LogP contribution is -2.62. The first-order valence-electron chi connectivity index (χ1n) is 19.9. The molecular weight excluding hydrogens is 912 g/mol. The van der Waals surface area contributed by atoms with Gasteiger partial charge in [-0.25, -0.2) is 0 Å². The maximum absolute atomic E-state index is 11.0. The van der Waals surface area contributed by atoms with Gasteiger partial charge in [0.25, 0.3) is 0 Å². The van der Waals surface area contributed by atoms with Crippen LogP contribution in [0.4, 0.5) is 0 Å². The van der Waals surface area contributed by atoms with Gasteiger partial charge in [-0.2, -0.15) is 0 Å². The molecule has 386 valence electrons. The molecule has 17 unspecified atom stereocenters. The fourth-order valence-corrected chi connectivity index (χ4v) is 6.17. The molecule has 2 bridgehead atoms. The number of aliphatic hydroxyl groups excluding tert-OH is 23. The number of rotatable bonds is 11. The summed E-state index contributed by atoms with van der Waals surface area (Å²) in [7, 11) is 0. The van der Waals surface area contributed by atoms with E-state index in [1.54, 1.807) is 0 Å². The maximum Gasteiger partial charge on any atom is 0.218 e. The van der Waals surface area contributed by atoms with Crippen LogP contribution < -0.4 is 0 Å². The van der Waals surface area contributed by atoms with Crippen molar-refractivity contribution in [3.63, 3.8) is 0 Å². The lowest BCUT2D eigenvalue weighted by atomic mass is 9.98. The van der Waals surface area contributed by atoms with E-state index in [1.165, 1.54) is 0 Å². The third kappa shape index (κ3) is 15.5. The van der Waals surface area contributed by atoms with E-state index in [4.69, 9.17) is 33.2 Å². The molecular formula is C36H62O30. The zero-order valence-electron chi connectivity index (χ0n) is 34.7. The number of aliphatic hydroxyl groups is 23. The van der Waals surface area contributed by atoms with Crippen molar-refractivity contribution in [2.24, 2.45) is 0 Å². The van der Waals surface area contributed by atoms with Crippen LogP contribution in [0.5, 0.6) is 0 Å². The monoisotopic (exact) mass is 974 g/mol. The molecule has 0 saturated carbocycles. The average molecular weight is 975 g/mol. The first kappa shape index (κ1) is 58.6. The quantitative estimate of drug-likeness (QED) is 0.0915. The molecule has 0 amide bonds. The minimum absolute atomic E-state index is 0.704. The summed E-state index contributed by atoms with van der Waals surface area (Å²) in [6.07, 6.45) is -43.5. The molecule has 1 fully saturated rings. The molecule has 1 saturated heterocycles. The second kappa shape index (κ2) is 28.1. The summed E-state index contributed by atoms with van der Waals surface area (Å²) in [5.74, 6) is -12.2. The highest BCUT2D eigenvalue weighted by Gasteiger charge is 2.49. The molecule has 0 radical (unpaired) electrons. The summed E-state index contributed by atoms with van der Waals surface area (Å²) in [6.45, 7) is -5.70. The second-order valence-corrected chi connectivity index (χ2v) is 14.4. The zero-order chi connectivity index (χ0) is 50.2. The molecule has 30 nitrogen and oxygen atoms in total. The van der Waals surface area contributed by atoms with Crippen molar-refractivity contribution in [2.45, 2.75) is 137 Å². The van der Waals surface area contributed by atoms with Gasteiger partial charge >= 0.3 is 0 Å². The molecule has 0 aliphatic carbocycles. The van der Waals surface area contributed by atoms with Crippen molar-refractivity contribution in [3.05, 3.63) is 46.1 Å². The summed E-state index contributed by atoms with van der Waals surface area (Å²) in [5, 5.41) is 240. The highest BCUT2D eigenvalue weighted by molar-refractivity contribution is 5.13. The molecule has 30 heteroatoms. The van der Waals surface area contributed by atoms with Gasteiger partial charge in [0.05, 0.1) is 12.7 Å². The van der Waals surface area contributed by atoms with Crippen molar-refractivity contribution < 1.29 is 151 Å². The Morgan fingerprint density at radius 2 is 0.636 bits per heavy atom. The largest absolute Gasteiger partial charge is 0.506 e. The number of fused-ring (bicyclic) bond motifs is 23. The third-order valence-corrected chi connectivity index (χ3v) is 9.81. The minimum Gasteiger partial charge on any atom is -0.506 e. The van der Waals surface area contributed by atoms with Gasteiger partial charge in [-0.05, 0) is 6.42 Å². The van der Waals surface area contributed by atoms with Gasteiger partial charge in [-0.3, -0.25) is 0 Å². The first-order chi connectivity index (χ1) is 31.1. The maximum atomic E-state index is 11.0. The predicted molar refractivity (Wildman–Crippen MR) is 207 cm³/mol. The summed E-state index contributed by atoms with van der Waals surface area (Å²) < 4.78 is 36.1. The van der Waals surface area contributed by atoms with Crippen molar-refractivity contribution in [2.75, 3.05) is 39.6 Å². The van der Waals surface area contributed by atoms with Gasteiger partial charge in [0, 0.05) is 58.7 Å². The molecule has 0 aromatic heterocycles. The van der Waals surface area contributed by atoms with E-state index in [0.29, 0.717) is 0 Å². The molecule has 0 aromatic carbocycles. The number of hydrogen-bond acceptors (Lipinski definition) is 30. The standard InChI is InChI=1S/C36H62O30/c37-6-1-12-18(43)24(49)31(55)61-13(2-7-38)19(44)26(51)33(57)63-15(4-9-40)21(46)28(53)35(59)66-30-17(11-42)65-36(29(54)23(30)48)64-16(5-10-41)22(47)27(52)34(58)62-14(3-8-39)20(45)25(50)32(56)60-12/h12-17,21,23,28-59H,1-11H2/b24-18+,25-20?,26-19+,27-22+. The van der Waals surface area contributed by atoms with Crippen LogP contribution in [0, 0.1) is 0 Å². The van der Waals surface area contributed by atoms with E-state index in [2.05, 4.69) is 0 Å². The van der Waals surface area contributed by atoms with E-state index < -0.39 is 223 Å². The summed E-state index contributed by atoms with van der Waals surface area (Å²) in [6, 6.07) is 0. The fourth-order valence-electron chi connectivity index (χ4n) is 6.17. The zero-order valence-corrected chi connectivity index (χ0v) is 34.7. The normalized spacial score (nSPS) is 40.9. The van der Waals surface area contributed by atoms with Crippen LogP contribution in [0.3, 0.4) is 0 Å². The number of ether oxygens (including phenoxy) is 7. The van der Waals surface area contributed by atoms with E-state index in [9.17, 15) is 117 Å². The highest BCUT2D eigenvalue weighted by atomic mass is 16.7. The van der Waals surface area contributed by atoms with Crippen LogP contribution >= 0.6 is 0 Å². The van der Waals surface area contributed by atoms with Gasteiger partial charge < -0.3 is 151 Å². The Hall–Kier alpha value is -3.52. The van der Waals surface area contributed by atoms with Crippen LogP contribution in [0.1, 0.15) is 32.1 Å². The highest BCUT2D eigenvalue weighted by Crippen LogP contribution is 2.30.